The number of esters is 1. The molecule has 6 nitrogen and oxygen atoms in total. The molecule has 0 spiro atoms. The maximum Gasteiger partial charge on any atom is 0.325 e. The van der Waals surface area contributed by atoms with Crippen molar-refractivity contribution in [3.8, 4) is 11.5 Å². The van der Waals surface area contributed by atoms with Gasteiger partial charge >= 0.3 is 5.97 Å². The lowest BCUT2D eigenvalue weighted by Gasteiger charge is -2.55. The van der Waals surface area contributed by atoms with Crippen molar-refractivity contribution in [2.24, 2.45) is 23.2 Å². The van der Waals surface area contributed by atoms with Crippen molar-refractivity contribution < 1.29 is 23.8 Å². The van der Waals surface area contributed by atoms with Gasteiger partial charge < -0.3 is 19.5 Å². The van der Waals surface area contributed by atoms with Crippen LogP contribution in [0.5, 0.6) is 11.5 Å². The predicted molar refractivity (Wildman–Crippen MR) is 112 cm³/mol. The van der Waals surface area contributed by atoms with E-state index in [0.29, 0.717) is 30.1 Å². The van der Waals surface area contributed by atoms with Crippen molar-refractivity contribution in [1.29, 1.82) is 0 Å². The first-order valence-corrected chi connectivity index (χ1v) is 11.4. The van der Waals surface area contributed by atoms with Gasteiger partial charge in [-0.25, -0.2) is 0 Å². The Morgan fingerprint density at radius 1 is 0.900 bits per heavy atom. The zero-order valence-electron chi connectivity index (χ0n) is 17.9. The van der Waals surface area contributed by atoms with E-state index in [0.717, 1.165) is 31.4 Å². The highest BCUT2D eigenvalue weighted by atomic mass is 16.6. The van der Waals surface area contributed by atoms with E-state index in [1.165, 1.54) is 19.3 Å². The molecule has 6 heteroatoms. The number of hydrogen-bond donors (Lipinski definition) is 1. The molecule has 30 heavy (non-hydrogen) atoms. The number of amides is 1. The van der Waals surface area contributed by atoms with Crippen LogP contribution in [0.15, 0.2) is 24.3 Å². The minimum atomic E-state index is -0.417. The minimum Gasteiger partial charge on any atom is -0.494 e. The summed E-state index contributed by atoms with van der Waals surface area (Å²) >= 11 is 0. The smallest absolute Gasteiger partial charge is 0.325 e. The summed E-state index contributed by atoms with van der Waals surface area (Å²) in [6, 6.07) is 7.38. The van der Waals surface area contributed by atoms with Crippen molar-refractivity contribution in [2.75, 3.05) is 26.4 Å². The number of hydrogen-bond acceptors (Lipinski definition) is 5. The summed E-state index contributed by atoms with van der Waals surface area (Å²) in [6.07, 6.45) is 7.84. The lowest BCUT2D eigenvalue weighted by atomic mass is 9.49. The molecule has 5 rings (SSSR count). The van der Waals surface area contributed by atoms with Crippen LogP contribution < -0.4 is 14.8 Å². The first kappa shape index (κ1) is 21.0. The molecule has 4 fully saturated rings. The van der Waals surface area contributed by atoms with Crippen molar-refractivity contribution in [2.45, 2.75) is 51.9 Å². The highest BCUT2D eigenvalue weighted by Gasteiger charge is 2.54. The fourth-order valence-corrected chi connectivity index (χ4v) is 5.95. The Balaban J connectivity index is 1.13. The normalized spacial score (nSPS) is 28.8. The fraction of sp³-hybridized carbons (Fsp3) is 0.667. The molecule has 164 valence electrons. The number of rotatable bonds is 10. The van der Waals surface area contributed by atoms with Crippen LogP contribution in [0.25, 0.3) is 0 Å². The second kappa shape index (κ2) is 9.27. The molecule has 1 aromatic carbocycles. The van der Waals surface area contributed by atoms with Crippen LogP contribution in [-0.2, 0) is 14.3 Å². The quantitative estimate of drug-likeness (QED) is 0.466. The zero-order chi connectivity index (χ0) is 21.0. The molecule has 0 aliphatic heterocycles. The average Bonchev–Trinajstić information content (AvgIpc) is 2.73. The molecule has 4 aliphatic rings. The molecule has 1 aromatic rings. The fourth-order valence-electron chi connectivity index (χ4n) is 5.95. The SMILES string of the molecule is CCCOc1ccc(OCCOC(=O)CNC(=O)C23CC4CC(CC(C4)C2)C3)cc1. The Hall–Kier alpha value is -2.24. The van der Waals surface area contributed by atoms with E-state index in [9.17, 15) is 9.59 Å². The van der Waals surface area contributed by atoms with Crippen molar-refractivity contribution in [3.63, 3.8) is 0 Å². The number of ether oxygens (including phenoxy) is 3. The Kier molecular flexibility index (Phi) is 6.49. The summed E-state index contributed by atoms with van der Waals surface area (Å²) in [5.74, 6) is 3.27. The Morgan fingerprint density at radius 3 is 1.97 bits per heavy atom. The first-order chi connectivity index (χ1) is 14.6. The minimum absolute atomic E-state index is 0.0557. The van der Waals surface area contributed by atoms with Gasteiger partial charge in [-0.15, -0.1) is 0 Å². The van der Waals surface area contributed by atoms with Crippen molar-refractivity contribution >= 4 is 11.9 Å². The summed E-state index contributed by atoms with van der Waals surface area (Å²) < 4.78 is 16.3. The number of benzene rings is 1. The lowest BCUT2D eigenvalue weighted by molar-refractivity contribution is -0.151. The molecular weight excluding hydrogens is 382 g/mol. The maximum atomic E-state index is 12.9. The maximum absolute atomic E-state index is 12.9. The molecule has 4 saturated carbocycles. The van der Waals surface area contributed by atoms with Gasteiger partial charge in [0, 0.05) is 5.41 Å². The van der Waals surface area contributed by atoms with E-state index in [-0.39, 0.29) is 31.1 Å². The number of carbonyl (C=O) groups is 2. The van der Waals surface area contributed by atoms with Crippen LogP contribution in [0.2, 0.25) is 0 Å². The van der Waals surface area contributed by atoms with Crippen molar-refractivity contribution in [3.05, 3.63) is 24.3 Å². The second-order valence-electron chi connectivity index (χ2n) is 9.27. The lowest BCUT2D eigenvalue weighted by Crippen LogP contribution is -2.54. The first-order valence-electron chi connectivity index (χ1n) is 11.4. The van der Waals surface area contributed by atoms with E-state index in [1.807, 2.05) is 24.3 Å². The van der Waals surface area contributed by atoms with Gasteiger partial charge in [-0.1, -0.05) is 6.92 Å². The topological polar surface area (TPSA) is 73.9 Å². The van der Waals surface area contributed by atoms with Crippen LogP contribution in [-0.4, -0.2) is 38.2 Å². The molecule has 1 N–H and O–H groups in total. The molecular formula is C24H33NO5. The summed E-state index contributed by atoms with van der Waals surface area (Å²) in [7, 11) is 0. The molecule has 4 aliphatic carbocycles. The van der Waals surface area contributed by atoms with Gasteiger partial charge in [0.05, 0.1) is 6.61 Å². The zero-order valence-corrected chi connectivity index (χ0v) is 17.9. The van der Waals surface area contributed by atoms with E-state index < -0.39 is 5.97 Å². The summed E-state index contributed by atoms with van der Waals surface area (Å²) in [6.45, 7) is 3.11. The number of nitrogens with one attached hydrogen (secondary N) is 1. The largest absolute Gasteiger partial charge is 0.494 e. The van der Waals surface area contributed by atoms with Gasteiger partial charge in [-0.3, -0.25) is 9.59 Å². The van der Waals surface area contributed by atoms with E-state index in [4.69, 9.17) is 14.2 Å². The van der Waals surface area contributed by atoms with Gasteiger partial charge in [0.15, 0.2) is 0 Å². The summed E-state index contributed by atoms with van der Waals surface area (Å²) in [5.41, 5.74) is -0.231. The van der Waals surface area contributed by atoms with Gasteiger partial charge in [0.1, 0.15) is 31.3 Å². The van der Waals surface area contributed by atoms with Crippen LogP contribution >= 0.6 is 0 Å². The molecule has 0 aromatic heterocycles. The second-order valence-corrected chi connectivity index (χ2v) is 9.27. The third kappa shape index (κ3) is 4.90. The Labute approximate surface area is 178 Å². The van der Waals surface area contributed by atoms with Crippen LogP contribution in [0, 0.1) is 23.2 Å². The van der Waals surface area contributed by atoms with Gasteiger partial charge in [0.25, 0.3) is 0 Å². The molecule has 4 bridgehead atoms. The van der Waals surface area contributed by atoms with E-state index in [2.05, 4.69) is 12.2 Å². The Morgan fingerprint density at radius 2 is 1.43 bits per heavy atom. The molecule has 0 radical (unpaired) electrons. The third-order valence-corrected chi connectivity index (χ3v) is 6.82. The van der Waals surface area contributed by atoms with Crippen molar-refractivity contribution in [1.82, 2.24) is 5.32 Å². The van der Waals surface area contributed by atoms with Gasteiger partial charge in [-0.2, -0.15) is 0 Å². The molecule has 0 atom stereocenters. The monoisotopic (exact) mass is 415 g/mol. The Bertz CT molecular complexity index is 709. The highest BCUT2D eigenvalue weighted by Crippen LogP contribution is 2.60. The summed E-state index contributed by atoms with van der Waals surface area (Å²) in [4.78, 5) is 24.9. The van der Waals surface area contributed by atoms with Crippen LogP contribution in [0.4, 0.5) is 0 Å². The third-order valence-electron chi connectivity index (χ3n) is 6.82. The standard InChI is InChI=1S/C24H33NO5/c1-2-7-28-20-3-5-21(6-4-20)29-8-9-30-22(26)16-25-23(27)24-13-17-10-18(14-24)12-19(11-17)15-24/h3-6,17-19H,2,7-16H2,1H3,(H,25,27). The van der Waals surface area contributed by atoms with E-state index >= 15 is 0 Å². The van der Waals surface area contributed by atoms with Crippen LogP contribution in [0.1, 0.15) is 51.9 Å². The van der Waals surface area contributed by atoms with Crippen LogP contribution in [0.3, 0.4) is 0 Å². The molecule has 0 unspecified atom stereocenters. The molecule has 0 heterocycles. The summed E-state index contributed by atoms with van der Waals surface area (Å²) in [5, 5.41) is 2.85. The molecule has 1 amide bonds. The predicted octanol–water partition coefficient (Wildman–Crippen LogP) is 3.73. The van der Waals surface area contributed by atoms with E-state index in [1.54, 1.807) is 0 Å². The highest BCUT2D eigenvalue weighted by molar-refractivity contribution is 5.86. The average molecular weight is 416 g/mol. The van der Waals surface area contributed by atoms with Gasteiger partial charge in [-0.05, 0) is 87.0 Å². The number of carbonyl (C=O) groups excluding carboxylic acids is 2. The van der Waals surface area contributed by atoms with Gasteiger partial charge in [0.2, 0.25) is 5.91 Å². The molecule has 0 saturated heterocycles.